The van der Waals surface area contributed by atoms with Gasteiger partial charge in [0.15, 0.2) is 5.75 Å². The molecule has 1 aromatic rings. The number of aliphatic carboxylic acids is 1. The molecule has 7 heteroatoms. The van der Waals surface area contributed by atoms with Gasteiger partial charge in [0.25, 0.3) is 12.3 Å². The van der Waals surface area contributed by atoms with Crippen LogP contribution in [-0.2, 0) is 11.2 Å². The van der Waals surface area contributed by atoms with Crippen LogP contribution >= 0.6 is 0 Å². The molecule has 0 aliphatic carbocycles. The van der Waals surface area contributed by atoms with E-state index in [4.69, 9.17) is 14.6 Å². The number of halogens is 2. The fourth-order valence-corrected chi connectivity index (χ4v) is 1.34. The summed E-state index contributed by atoms with van der Waals surface area (Å²) in [7, 11) is 2.53. The van der Waals surface area contributed by atoms with Gasteiger partial charge in [0.1, 0.15) is 5.69 Å². The number of alkyl halides is 2. The zero-order valence-corrected chi connectivity index (χ0v) is 9.24. The lowest BCUT2D eigenvalue weighted by molar-refractivity contribution is -0.136. The number of aromatic nitrogens is 1. The molecule has 1 rings (SSSR count). The lowest BCUT2D eigenvalue weighted by Crippen LogP contribution is -2.07. The lowest BCUT2D eigenvalue weighted by atomic mass is 10.1. The van der Waals surface area contributed by atoms with E-state index >= 15 is 0 Å². The van der Waals surface area contributed by atoms with E-state index < -0.39 is 24.5 Å². The van der Waals surface area contributed by atoms with Crippen molar-refractivity contribution >= 4 is 5.97 Å². The van der Waals surface area contributed by atoms with Crippen molar-refractivity contribution in [2.24, 2.45) is 0 Å². The molecule has 0 fully saturated rings. The van der Waals surface area contributed by atoms with E-state index in [2.05, 4.69) is 4.98 Å². The van der Waals surface area contributed by atoms with Gasteiger partial charge in [-0.1, -0.05) is 0 Å². The van der Waals surface area contributed by atoms with Crippen molar-refractivity contribution in [3.63, 3.8) is 0 Å². The highest BCUT2D eigenvalue weighted by molar-refractivity contribution is 5.72. The fourth-order valence-electron chi connectivity index (χ4n) is 1.34. The van der Waals surface area contributed by atoms with Crippen LogP contribution < -0.4 is 9.47 Å². The molecular formula is C10H11F2NO4. The standard InChI is InChI=1S/C10H11F2NO4/c1-16-8-5(4-7(14)15)3-6(9(11)12)13-10(8)17-2/h3,9H,4H2,1-2H3,(H,14,15). The Morgan fingerprint density at radius 1 is 1.47 bits per heavy atom. The molecule has 5 nitrogen and oxygen atoms in total. The third-order valence-corrected chi connectivity index (χ3v) is 2.00. The molecule has 0 amide bonds. The van der Waals surface area contributed by atoms with Crippen LogP contribution in [-0.4, -0.2) is 30.3 Å². The summed E-state index contributed by atoms with van der Waals surface area (Å²) in [5.74, 6) is -1.25. The summed E-state index contributed by atoms with van der Waals surface area (Å²) in [4.78, 5) is 14.2. The second-order valence-corrected chi connectivity index (χ2v) is 3.12. The lowest BCUT2D eigenvalue weighted by Gasteiger charge is -2.12. The van der Waals surface area contributed by atoms with Gasteiger partial charge in [0.05, 0.1) is 20.6 Å². The molecule has 0 saturated heterocycles. The number of methoxy groups -OCH3 is 2. The first-order valence-corrected chi connectivity index (χ1v) is 4.61. The van der Waals surface area contributed by atoms with Crippen molar-refractivity contribution in [1.29, 1.82) is 0 Å². The third kappa shape index (κ3) is 3.02. The largest absolute Gasteiger partial charge is 0.491 e. The summed E-state index contributed by atoms with van der Waals surface area (Å²) in [6.07, 6.45) is -3.25. The van der Waals surface area contributed by atoms with E-state index in [9.17, 15) is 13.6 Å². The van der Waals surface area contributed by atoms with Crippen LogP contribution in [0.1, 0.15) is 17.7 Å². The van der Waals surface area contributed by atoms with Gasteiger partial charge >= 0.3 is 5.97 Å². The number of hydrogen-bond acceptors (Lipinski definition) is 4. The average molecular weight is 247 g/mol. The predicted molar refractivity (Wildman–Crippen MR) is 53.6 cm³/mol. The summed E-state index contributed by atoms with van der Waals surface area (Å²) >= 11 is 0. The second-order valence-electron chi connectivity index (χ2n) is 3.12. The molecule has 0 aliphatic rings. The molecule has 1 N–H and O–H groups in total. The van der Waals surface area contributed by atoms with Crippen LogP contribution in [0, 0.1) is 0 Å². The van der Waals surface area contributed by atoms with Gasteiger partial charge in [-0.05, 0) is 6.07 Å². The Balaban J connectivity index is 3.31. The van der Waals surface area contributed by atoms with Crippen molar-refractivity contribution in [1.82, 2.24) is 4.98 Å². The molecular weight excluding hydrogens is 236 g/mol. The summed E-state index contributed by atoms with van der Waals surface area (Å²) in [6, 6.07) is 1.00. The number of nitrogens with zero attached hydrogens (tertiary/aromatic N) is 1. The van der Waals surface area contributed by atoms with Crippen molar-refractivity contribution in [2.45, 2.75) is 12.8 Å². The number of carboxylic acid groups (broad SMARTS) is 1. The minimum Gasteiger partial charge on any atom is -0.491 e. The molecule has 1 heterocycles. The highest BCUT2D eigenvalue weighted by atomic mass is 19.3. The number of pyridine rings is 1. The van der Waals surface area contributed by atoms with Gasteiger partial charge in [0.2, 0.25) is 0 Å². The van der Waals surface area contributed by atoms with Crippen molar-refractivity contribution < 1.29 is 28.2 Å². The Kier molecular flexibility index (Phi) is 4.19. The Bertz CT molecular complexity index is 423. The van der Waals surface area contributed by atoms with Crippen molar-refractivity contribution in [3.8, 4) is 11.6 Å². The van der Waals surface area contributed by atoms with Gasteiger partial charge < -0.3 is 14.6 Å². The van der Waals surface area contributed by atoms with Gasteiger partial charge in [-0.25, -0.2) is 13.8 Å². The third-order valence-electron chi connectivity index (χ3n) is 2.00. The van der Waals surface area contributed by atoms with Gasteiger partial charge in [-0.3, -0.25) is 4.79 Å². The summed E-state index contributed by atoms with van der Waals surface area (Å²) in [5.41, 5.74) is -0.443. The monoisotopic (exact) mass is 247 g/mol. The van der Waals surface area contributed by atoms with E-state index in [1.54, 1.807) is 0 Å². The molecule has 0 aromatic carbocycles. The second kappa shape index (κ2) is 5.42. The fraction of sp³-hybridized carbons (Fsp3) is 0.400. The highest BCUT2D eigenvalue weighted by Crippen LogP contribution is 2.32. The SMILES string of the molecule is COc1nc(C(F)F)cc(CC(=O)O)c1OC. The van der Waals surface area contributed by atoms with Gasteiger partial charge in [-0.15, -0.1) is 0 Å². The van der Waals surface area contributed by atoms with Gasteiger partial charge in [0, 0.05) is 5.56 Å². The number of ether oxygens (including phenoxy) is 2. The van der Waals surface area contributed by atoms with Crippen molar-refractivity contribution in [3.05, 3.63) is 17.3 Å². The minimum atomic E-state index is -2.80. The molecule has 0 atom stereocenters. The van der Waals surface area contributed by atoms with Crippen molar-refractivity contribution in [2.75, 3.05) is 14.2 Å². The van der Waals surface area contributed by atoms with Crippen LogP contribution in [0.15, 0.2) is 6.07 Å². The maximum atomic E-state index is 12.5. The molecule has 17 heavy (non-hydrogen) atoms. The maximum absolute atomic E-state index is 12.5. The molecule has 0 radical (unpaired) electrons. The van der Waals surface area contributed by atoms with Crippen LogP contribution in [0.3, 0.4) is 0 Å². The topological polar surface area (TPSA) is 68.7 Å². The molecule has 94 valence electrons. The van der Waals surface area contributed by atoms with E-state index in [0.717, 1.165) is 6.07 Å². The Labute approximate surface area is 96.0 Å². The Hall–Kier alpha value is -1.92. The predicted octanol–water partition coefficient (Wildman–Crippen LogP) is 1.66. The molecule has 0 aliphatic heterocycles. The molecule has 1 aromatic heterocycles. The average Bonchev–Trinajstić information content (AvgIpc) is 2.26. The Morgan fingerprint density at radius 2 is 2.12 bits per heavy atom. The van der Waals surface area contributed by atoms with Gasteiger partial charge in [-0.2, -0.15) is 0 Å². The summed E-state index contributed by atoms with van der Waals surface area (Å²) in [5, 5.41) is 8.68. The first kappa shape index (κ1) is 13.1. The Morgan fingerprint density at radius 3 is 2.53 bits per heavy atom. The zero-order valence-electron chi connectivity index (χ0n) is 9.24. The summed E-state index contributed by atoms with van der Waals surface area (Å²) in [6.45, 7) is 0. The molecule has 0 bridgehead atoms. The first-order chi connectivity index (χ1) is 7.99. The maximum Gasteiger partial charge on any atom is 0.307 e. The summed E-state index contributed by atoms with van der Waals surface area (Å²) < 4.78 is 34.8. The number of carboxylic acids is 1. The molecule has 0 unspecified atom stereocenters. The normalized spacial score (nSPS) is 10.4. The molecule has 0 spiro atoms. The first-order valence-electron chi connectivity index (χ1n) is 4.61. The van der Waals surface area contributed by atoms with E-state index in [-0.39, 0.29) is 17.2 Å². The number of rotatable bonds is 5. The molecule has 0 saturated carbocycles. The minimum absolute atomic E-state index is 0.0549. The smallest absolute Gasteiger partial charge is 0.307 e. The van der Waals surface area contributed by atoms with Crippen LogP contribution in [0.25, 0.3) is 0 Å². The zero-order chi connectivity index (χ0) is 13.0. The van der Waals surface area contributed by atoms with Crippen LogP contribution in [0.5, 0.6) is 11.6 Å². The number of carbonyl (C=O) groups is 1. The van der Waals surface area contributed by atoms with Crippen LogP contribution in [0.4, 0.5) is 8.78 Å². The van der Waals surface area contributed by atoms with E-state index in [0.29, 0.717) is 0 Å². The highest BCUT2D eigenvalue weighted by Gasteiger charge is 2.20. The van der Waals surface area contributed by atoms with E-state index in [1.165, 1.54) is 14.2 Å². The quantitative estimate of drug-likeness (QED) is 0.857. The van der Waals surface area contributed by atoms with E-state index in [1.807, 2.05) is 0 Å². The van der Waals surface area contributed by atoms with Crippen LogP contribution in [0.2, 0.25) is 0 Å². The number of hydrogen-bond donors (Lipinski definition) is 1.